The average Bonchev–Trinajstić information content (AvgIpc) is 2.52. The number of nitrogens with two attached hydrogens (primary N) is 1. The van der Waals surface area contributed by atoms with Crippen molar-refractivity contribution in [3.05, 3.63) is 71.5 Å². The third-order valence-electron chi connectivity index (χ3n) is 3.03. The van der Waals surface area contributed by atoms with Gasteiger partial charge in [-0.3, -0.25) is 0 Å². The highest BCUT2D eigenvalue weighted by atomic mass is 19.1. The molecule has 21 heavy (non-hydrogen) atoms. The normalized spacial score (nSPS) is 9.86. The van der Waals surface area contributed by atoms with Crippen LogP contribution in [0.5, 0.6) is 0 Å². The lowest BCUT2D eigenvalue weighted by Crippen LogP contribution is -2.15. The van der Waals surface area contributed by atoms with Gasteiger partial charge in [-0.05, 0) is 55.7 Å². The van der Waals surface area contributed by atoms with E-state index in [1.54, 1.807) is 0 Å². The number of hydrogen-bond donors (Lipinski definition) is 2. The lowest BCUT2D eigenvalue weighted by Gasteiger charge is -2.01. The van der Waals surface area contributed by atoms with Crippen molar-refractivity contribution in [1.82, 2.24) is 5.32 Å². The second-order valence-corrected chi connectivity index (χ2v) is 4.75. The first kappa shape index (κ1) is 17.3. The third kappa shape index (κ3) is 8.23. The monoisotopic (exact) mass is 288 g/mol. The molecular weight excluding hydrogens is 263 g/mol. The Morgan fingerprint density at radius 1 is 0.905 bits per heavy atom. The standard InChI is InChI=1S/C10H14FN.C8H11N/c1-2-12-8-7-9-3-5-10(11)6-4-9;9-7-6-8-4-2-1-3-5-8/h3-6,12H,2,7-8H2,1H3;1-5H,6-7,9H2. The molecule has 0 saturated heterocycles. The molecule has 0 amide bonds. The summed E-state index contributed by atoms with van der Waals surface area (Å²) in [5.41, 5.74) is 7.86. The minimum Gasteiger partial charge on any atom is -0.330 e. The van der Waals surface area contributed by atoms with Crippen molar-refractivity contribution in [2.24, 2.45) is 5.73 Å². The Labute approximate surface area is 127 Å². The molecule has 2 rings (SSSR count). The van der Waals surface area contributed by atoms with Crippen molar-refractivity contribution in [2.45, 2.75) is 19.8 Å². The molecule has 0 aliphatic heterocycles. The van der Waals surface area contributed by atoms with Gasteiger partial charge >= 0.3 is 0 Å². The minimum atomic E-state index is -0.165. The van der Waals surface area contributed by atoms with Gasteiger partial charge < -0.3 is 11.1 Å². The first-order valence-electron chi connectivity index (χ1n) is 7.45. The fourth-order valence-corrected chi connectivity index (χ4v) is 1.87. The second-order valence-electron chi connectivity index (χ2n) is 4.75. The first-order chi connectivity index (χ1) is 10.3. The molecule has 2 aromatic carbocycles. The number of nitrogens with one attached hydrogen (secondary N) is 1. The lowest BCUT2D eigenvalue weighted by atomic mass is 10.1. The molecule has 0 saturated carbocycles. The van der Waals surface area contributed by atoms with E-state index in [1.807, 2.05) is 30.3 Å². The van der Waals surface area contributed by atoms with E-state index in [-0.39, 0.29) is 5.82 Å². The molecule has 2 aromatic rings. The topological polar surface area (TPSA) is 38.0 Å². The molecular formula is C18H25FN2. The SMILES string of the molecule is CCNCCc1ccc(F)cc1.NCCc1ccccc1. The quantitative estimate of drug-likeness (QED) is 0.801. The van der Waals surface area contributed by atoms with E-state index < -0.39 is 0 Å². The summed E-state index contributed by atoms with van der Waals surface area (Å²) < 4.78 is 12.5. The van der Waals surface area contributed by atoms with Crippen molar-refractivity contribution in [3.63, 3.8) is 0 Å². The highest BCUT2D eigenvalue weighted by Crippen LogP contribution is 2.02. The van der Waals surface area contributed by atoms with Crippen LogP contribution in [0.4, 0.5) is 4.39 Å². The van der Waals surface area contributed by atoms with Gasteiger partial charge in [0, 0.05) is 0 Å². The van der Waals surface area contributed by atoms with Gasteiger partial charge in [0.15, 0.2) is 0 Å². The molecule has 2 nitrogen and oxygen atoms in total. The van der Waals surface area contributed by atoms with Gasteiger partial charge in [0.25, 0.3) is 0 Å². The van der Waals surface area contributed by atoms with E-state index in [9.17, 15) is 4.39 Å². The fraction of sp³-hybridized carbons (Fsp3) is 0.333. The molecule has 0 aliphatic carbocycles. The van der Waals surface area contributed by atoms with Crippen molar-refractivity contribution in [3.8, 4) is 0 Å². The number of rotatable bonds is 6. The summed E-state index contributed by atoms with van der Waals surface area (Å²) in [6.45, 7) is 4.76. The molecule has 3 N–H and O–H groups in total. The smallest absolute Gasteiger partial charge is 0.123 e. The van der Waals surface area contributed by atoms with Crippen LogP contribution in [0.15, 0.2) is 54.6 Å². The Morgan fingerprint density at radius 3 is 2.10 bits per heavy atom. The molecule has 0 bridgehead atoms. The second kappa shape index (κ2) is 11.0. The molecule has 0 fully saturated rings. The Bertz CT molecular complexity index is 468. The van der Waals surface area contributed by atoms with E-state index in [2.05, 4.69) is 24.4 Å². The highest BCUT2D eigenvalue weighted by molar-refractivity contribution is 5.16. The Kier molecular flexibility index (Phi) is 9.09. The Hall–Kier alpha value is -1.71. The number of halogens is 1. The zero-order chi connectivity index (χ0) is 15.3. The van der Waals surface area contributed by atoms with Gasteiger partial charge in [-0.2, -0.15) is 0 Å². The molecule has 0 unspecified atom stereocenters. The van der Waals surface area contributed by atoms with E-state index in [0.717, 1.165) is 32.5 Å². The van der Waals surface area contributed by atoms with Crippen molar-refractivity contribution in [2.75, 3.05) is 19.6 Å². The first-order valence-corrected chi connectivity index (χ1v) is 7.45. The summed E-state index contributed by atoms with van der Waals surface area (Å²) in [4.78, 5) is 0. The van der Waals surface area contributed by atoms with Gasteiger partial charge in [-0.15, -0.1) is 0 Å². The van der Waals surface area contributed by atoms with E-state index >= 15 is 0 Å². The van der Waals surface area contributed by atoms with Crippen molar-refractivity contribution in [1.29, 1.82) is 0 Å². The van der Waals surface area contributed by atoms with Crippen LogP contribution in [-0.2, 0) is 12.8 Å². The number of hydrogen-bond acceptors (Lipinski definition) is 2. The maximum absolute atomic E-state index is 12.5. The molecule has 0 aromatic heterocycles. The molecule has 0 spiro atoms. The Morgan fingerprint density at radius 2 is 1.52 bits per heavy atom. The van der Waals surface area contributed by atoms with E-state index in [4.69, 9.17) is 5.73 Å². The van der Waals surface area contributed by atoms with Crippen LogP contribution >= 0.6 is 0 Å². The Balaban J connectivity index is 0.000000219. The maximum atomic E-state index is 12.5. The third-order valence-corrected chi connectivity index (χ3v) is 3.03. The van der Waals surface area contributed by atoms with Crippen LogP contribution in [0.25, 0.3) is 0 Å². The summed E-state index contributed by atoms with van der Waals surface area (Å²) in [6, 6.07) is 16.9. The molecule has 0 aliphatic rings. The van der Waals surface area contributed by atoms with Gasteiger partial charge in [0.2, 0.25) is 0 Å². The predicted molar refractivity (Wildman–Crippen MR) is 87.8 cm³/mol. The van der Waals surface area contributed by atoms with Crippen LogP contribution in [0.3, 0.4) is 0 Å². The summed E-state index contributed by atoms with van der Waals surface area (Å²) in [6.07, 6.45) is 1.95. The summed E-state index contributed by atoms with van der Waals surface area (Å²) in [7, 11) is 0. The molecule has 114 valence electrons. The zero-order valence-electron chi connectivity index (χ0n) is 12.7. The van der Waals surface area contributed by atoms with Gasteiger partial charge in [-0.1, -0.05) is 49.4 Å². The van der Waals surface area contributed by atoms with Crippen LogP contribution in [0, 0.1) is 5.82 Å². The average molecular weight is 288 g/mol. The fourth-order valence-electron chi connectivity index (χ4n) is 1.87. The summed E-state index contributed by atoms with van der Waals surface area (Å²) in [5, 5.41) is 3.22. The van der Waals surface area contributed by atoms with Gasteiger partial charge in [-0.25, -0.2) is 4.39 Å². The molecule has 0 heterocycles. The van der Waals surface area contributed by atoms with Crippen molar-refractivity contribution < 1.29 is 4.39 Å². The maximum Gasteiger partial charge on any atom is 0.123 e. The van der Waals surface area contributed by atoms with E-state index in [0.29, 0.717) is 0 Å². The van der Waals surface area contributed by atoms with Gasteiger partial charge in [0.1, 0.15) is 5.82 Å². The van der Waals surface area contributed by atoms with Crippen LogP contribution in [0.1, 0.15) is 18.1 Å². The zero-order valence-corrected chi connectivity index (χ0v) is 12.7. The largest absolute Gasteiger partial charge is 0.330 e. The molecule has 0 radical (unpaired) electrons. The van der Waals surface area contributed by atoms with Crippen molar-refractivity contribution >= 4 is 0 Å². The van der Waals surface area contributed by atoms with Crippen LogP contribution in [-0.4, -0.2) is 19.6 Å². The predicted octanol–water partition coefficient (Wildman–Crippen LogP) is 3.17. The molecule has 0 atom stereocenters. The number of likely N-dealkylation sites (N-methyl/N-ethyl adjacent to an activating group) is 1. The summed E-state index contributed by atoms with van der Waals surface area (Å²) >= 11 is 0. The van der Waals surface area contributed by atoms with Gasteiger partial charge in [0.05, 0.1) is 0 Å². The van der Waals surface area contributed by atoms with Crippen LogP contribution < -0.4 is 11.1 Å². The minimum absolute atomic E-state index is 0.165. The number of benzene rings is 2. The molecule has 3 heteroatoms. The van der Waals surface area contributed by atoms with E-state index in [1.165, 1.54) is 23.3 Å². The van der Waals surface area contributed by atoms with Crippen LogP contribution in [0.2, 0.25) is 0 Å². The lowest BCUT2D eigenvalue weighted by molar-refractivity contribution is 0.626. The summed E-state index contributed by atoms with van der Waals surface area (Å²) in [5.74, 6) is -0.165. The highest BCUT2D eigenvalue weighted by Gasteiger charge is 1.92.